The zero-order valence-corrected chi connectivity index (χ0v) is 31.8. The average molecular weight is 739 g/mol. The number of imide groups is 1. The molecule has 5 saturated carbocycles. The lowest BCUT2D eigenvalue weighted by Gasteiger charge is -2.70. The summed E-state index contributed by atoms with van der Waals surface area (Å²) < 4.78 is 31.6. The van der Waals surface area contributed by atoms with E-state index in [4.69, 9.17) is 23.7 Å². The molecule has 2 amide bonds. The Morgan fingerprint density at radius 1 is 1.06 bits per heavy atom. The normalized spacial score (nSPS) is 45.2. The molecule has 0 aromatic heterocycles. The number of anilines is 1. The number of benzene rings is 1. The number of piperidine rings is 1. The predicted octanol–water partition coefficient (Wildman–Crippen LogP) is 2.59. The first kappa shape index (κ1) is 37.0. The van der Waals surface area contributed by atoms with Crippen LogP contribution in [0.3, 0.4) is 0 Å². The van der Waals surface area contributed by atoms with Crippen molar-refractivity contribution < 1.29 is 53.1 Å². The molecule has 13 heteroatoms. The summed E-state index contributed by atoms with van der Waals surface area (Å²) in [5, 5.41) is 27.0. The van der Waals surface area contributed by atoms with Crippen molar-refractivity contribution in [2.45, 2.75) is 101 Å². The van der Waals surface area contributed by atoms with Crippen LogP contribution in [0.4, 0.5) is 5.69 Å². The van der Waals surface area contributed by atoms with Gasteiger partial charge in [0.05, 0.1) is 48.1 Å². The minimum atomic E-state index is -1.83. The molecule has 1 unspecified atom stereocenters. The summed E-state index contributed by atoms with van der Waals surface area (Å²) in [6.07, 6.45) is -0.344. The Labute approximate surface area is 310 Å². The number of rotatable bonds is 10. The molecule has 53 heavy (non-hydrogen) atoms. The summed E-state index contributed by atoms with van der Waals surface area (Å²) in [6, 6.07) is 5.96. The van der Waals surface area contributed by atoms with Crippen molar-refractivity contribution in [3.8, 4) is 0 Å². The SMILES string of the molecule is CCN1C[C@]2(COC(=O)c3ccccc3N3C(=O)C[C@H](C)C3=O)CC[C@H](OC)[C@]34C1[C@](O)([C@@H](OC)[C@H]23)[C@@]1(O)C[C@H](OC)[C@H]2C[C@@H]4[C@@H]1[C@H]2OC(=O)C(C)C. The van der Waals surface area contributed by atoms with Crippen molar-refractivity contribution in [2.75, 3.05) is 45.9 Å². The van der Waals surface area contributed by atoms with Gasteiger partial charge in [-0.1, -0.05) is 39.8 Å². The first-order valence-electron chi connectivity index (χ1n) is 19.3. The van der Waals surface area contributed by atoms with Crippen molar-refractivity contribution in [3.63, 3.8) is 0 Å². The molecule has 290 valence electrons. The molecule has 1 spiro atoms. The Morgan fingerprint density at radius 3 is 2.42 bits per heavy atom. The van der Waals surface area contributed by atoms with Gasteiger partial charge >= 0.3 is 11.9 Å². The van der Waals surface area contributed by atoms with Crippen LogP contribution < -0.4 is 4.90 Å². The largest absolute Gasteiger partial charge is 0.461 e. The topological polar surface area (TPSA) is 161 Å². The van der Waals surface area contributed by atoms with E-state index in [1.54, 1.807) is 66.4 Å². The monoisotopic (exact) mass is 738 g/mol. The zero-order valence-electron chi connectivity index (χ0n) is 31.8. The lowest BCUT2D eigenvalue weighted by molar-refractivity contribution is -0.319. The lowest BCUT2D eigenvalue weighted by atomic mass is 9.42. The lowest BCUT2D eigenvalue weighted by Crippen LogP contribution is -2.82. The minimum absolute atomic E-state index is 0.0216. The number of carbonyl (C=O) groups excluding carboxylic acids is 4. The number of hydrogen-bond acceptors (Lipinski definition) is 12. The second kappa shape index (κ2) is 12.5. The van der Waals surface area contributed by atoms with Crippen molar-refractivity contribution in [1.29, 1.82) is 0 Å². The zero-order chi connectivity index (χ0) is 38.0. The first-order chi connectivity index (χ1) is 25.2. The summed E-state index contributed by atoms with van der Waals surface area (Å²) in [5.74, 6) is -4.07. The quantitative estimate of drug-likeness (QED) is 0.267. The molecule has 14 atom stereocenters. The molecule has 7 bridgehead atoms. The smallest absolute Gasteiger partial charge is 0.340 e. The third kappa shape index (κ3) is 4.52. The maximum absolute atomic E-state index is 14.1. The number of amides is 2. The van der Waals surface area contributed by atoms with E-state index >= 15 is 0 Å². The fraction of sp³-hybridized carbons (Fsp3) is 0.750. The van der Waals surface area contributed by atoms with Crippen molar-refractivity contribution >= 4 is 29.4 Å². The van der Waals surface area contributed by atoms with Gasteiger partial charge in [0.2, 0.25) is 11.8 Å². The van der Waals surface area contributed by atoms with Gasteiger partial charge in [0.15, 0.2) is 0 Å². The van der Waals surface area contributed by atoms with Crippen LogP contribution in [0.15, 0.2) is 24.3 Å². The van der Waals surface area contributed by atoms with E-state index in [2.05, 4.69) is 4.90 Å². The van der Waals surface area contributed by atoms with E-state index in [1.165, 1.54) is 0 Å². The van der Waals surface area contributed by atoms with Crippen molar-refractivity contribution in [2.24, 2.45) is 46.3 Å². The summed E-state index contributed by atoms with van der Waals surface area (Å²) in [5.41, 5.74) is -4.76. The van der Waals surface area contributed by atoms with Crippen molar-refractivity contribution in [1.82, 2.24) is 4.90 Å². The molecular weight excluding hydrogens is 684 g/mol. The number of likely N-dealkylation sites (tertiary alicyclic amines) is 1. The summed E-state index contributed by atoms with van der Waals surface area (Å²) >= 11 is 0. The minimum Gasteiger partial charge on any atom is -0.461 e. The van der Waals surface area contributed by atoms with E-state index in [-0.39, 0.29) is 72.3 Å². The van der Waals surface area contributed by atoms with Crippen LogP contribution in [0.1, 0.15) is 70.2 Å². The number of esters is 2. The van der Waals surface area contributed by atoms with E-state index < -0.39 is 70.1 Å². The number of likely N-dealkylation sites (N-methyl/N-ethyl adjacent to an activating group) is 1. The molecule has 5 aliphatic carbocycles. The fourth-order valence-electron chi connectivity index (χ4n) is 13.3. The number of para-hydroxylation sites is 1. The number of carbonyl (C=O) groups is 4. The van der Waals surface area contributed by atoms with Gasteiger partial charge in [0.25, 0.3) is 0 Å². The molecule has 13 nitrogen and oxygen atoms in total. The molecule has 0 radical (unpaired) electrons. The Kier molecular flexibility index (Phi) is 8.76. The standard InChI is InChI=1S/C40H54N2O11/c1-8-41-18-37(19-52-35(46)22-11-9-10-12-25(22)42-28(43)15-21(4)33(42)44)14-13-27(50-6)39-24-16-23-26(49-5)17-38(47,29(24)30(23)53-34(45)20(2)3)40(48,36(39)41)32(51-7)31(37)39/h9-12,20-21,23-24,26-27,29-32,36,47-48H,8,13-19H2,1-7H3/t21-,23+,24+,26-,27-,29+,30-,31+,32-,36?,37-,38+,39-,40+/m0/s1. The second-order valence-electron chi connectivity index (χ2n) is 17.3. The summed E-state index contributed by atoms with van der Waals surface area (Å²) in [6.45, 7) is 8.30. The number of aliphatic hydroxyl groups is 2. The van der Waals surface area contributed by atoms with Gasteiger partial charge < -0.3 is 33.9 Å². The van der Waals surface area contributed by atoms with Gasteiger partial charge in [-0.25, -0.2) is 9.69 Å². The third-order valence-electron chi connectivity index (χ3n) is 15.0. The van der Waals surface area contributed by atoms with Gasteiger partial charge in [-0.3, -0.25) is 19.3 Å². The number of nitrogens with zero attached hydrogens (tertiary/aromatic N) is 2. The highest BCUT2D eigenvalue weighted by Crippen LogP contribution is 2.80. The van der Waals surface area contributed by atoms with Crippen LogP contribution >= 0.6 is 0 Å². The highest BCUT2D eigenvalue weighted by Gasteiger charge is 2.92. The highest BCUT2D eigenvalue weighted by atomic mass is 16.6. The van der Waals surface area contributed by atoms with Gasteiger partial charge in [-0.05, 0) is 43.9 Å². The van der Waals surface area contributed by atoms with Gasteiger partial charge in [-0.15, -0.1) is 0 Å². The first-order valence-corrected chi connectivity index (χ1v) is 19.3. The van der Waals surface area contributed by atoms with Crippen LogP contribution in [-0.2, 0) is 38.1 Å². The Balaban J connectivity index is 1.24. The van der Waals surface area contributed by atoms with E-state index in [9.17, 15) is 29.4 Å². The molecule has 2 N–H and O–H groups in total. The number of methoxy groups -OCH3 is 3. The van der Waals surface area contributed by atoms with Gasteiger partial charge in [0, 0.05) is 75.2 Å². The van der Waals surface area contributed by atoms with Gasteiger partial charge in [-0.2, -0.15) is 0 Å². The molecule has 2 aliphatic heterocycles. The van der Waals surface area contributed by atoms with E-state index in [0.717, 1.165) is 4.90 Å². The Morgan fingerprint density at radius 2 is 1.79 bits per heavy atom. The predicted molar refractivity (Wildman–Crippen MR) is 188 cm³/mol. The van der Waals surface area contributed by atoms with Crippen LogP contribution in [0, 0.1) is 46.3 Å². The summed E-state index contributed by atoms with van der Waals surface area (Å²) in [4.78, 5) is 56.7. The Bertz CT molecular complexity index is 1700. The second-order valence-corrected chi connectivity index (χ2v) is 17.3. The van der Waals surface area contributed by atoms with Crippen LogP contribution in [-0.4, -0.2) is 122 Å². The number of hydrogen-bond donors (Lipinski definition) is 2. The summed E-state index contributed by atoms with van der Waals surface area (Å²) in [7, 11) is 4.88. The van der Waals surface area contributed by atoms with Crippen molar-refractivity contribution in [3.05, 3.63) is 29.8 Å². The molecule has 7 aliphatic rings. The molecule has 8 rings (SSSR count). The molecule has 1 aromatic carbocycles. The molecular formula is C40H54N2O11. The maximum Gasteiger partial charge on any atom is 0.340 e. The van der Waals surface area contributed by atoms with E-state index in [0.29, 0.717) is 32.4 Å². The third-order valence-corrected chi connectivity index (χ3v) is 15.0. The van der Waals surface area contributed by atoms with Crippen LogP contribution in [0.5, 0.6) is 0 Å². The Hall–Kier alpha value is -2.94. The number of fused-ring (bicyclic) bond motifs is 2. The molecule has 7 fully saturated rings. The van der Waals surface area contributed by atoms with E-state index in [1.807, 2.05) is 6.92 Å². The fourth-order valence-corrected chi connectivity index (χ4v) is 13.3. The maximum atomic E-state index is 14.1. The average Bonchev–Trinajstić information content (AvgIpc) is 3.65. The van der Waals surface area contributed by atoms with Crippen LogP contribution in [0.2, 0.25) is 0 Å². The molecule has 2 saturated heterocycles. The number of ether oxygens (including phenoxy) is 5. The van der Waals surface area contributed by atoms with Gasteiger partial charge in [0.1, 0.15) is 17.3 Å². The molecule has 1 aromatic rings. The highest BCUT2D eigenvalue weighted by molar-refractivity contribution is 6.22. The molecule has 2 heterocycles. The van der Waals surface area contributed by atoms with Crippen LogP contribution in [0.25, 0.3) is 0 Å².